The first-order valence-electron chi connectivity index (χ1n) is 5.92. The summed E-state index contributed by atoms with van der Waals surface area (Å²) in [5.74, 6) is -0.626. The maximum Gasteiger partial charge on any atom is 0.316 e. The summed E-state index contributed by atoms with van der Waals surface area (Å²) in [4.78, 5) is 19.0. The van der Waals surface area contributed by atoms with Crippen LogP contribution in [0.15, 0.2) is 36.7 Å². The maximum absolute atomic E-state index is 10.9. The average Bonchev–Trinajstić information content (AvgIpc) is 2.53. The highest BCUT2D eigenvalue weighted by atomic mass is 35.5. The number of benzene rings is 1. The Balaban J connectivity index is 2.25. The van der Waals surface area contributed by atoms with Crippen molar-refractivity contribution in [3.8, 4) is 17.1 Å². The molecule has 0 bridgehead atoms. The standard InChI is InChI=1S/C14H12ClN3O3/c1-21-14-16-7-11(8-17-14)10-3-2-9(12(15)6-10)4-5-13(19)18-20/h2-8,20H,1H3,(H,18,19)/b5-4+. The lowest BCUT2D eigenvalue weighted by molar-refractivity contribution is -0.124. The van der Waals surface area contributed by atoms with Crippen LogP contribution >= 0.6 is 11.6 Å². The third-order valence-corrected chi connectivity index (χ3v) is 3.00. The number of hydrogen-bond acceptors (Lipinski definition) is 5. The largest absolute Gasteiger partial charge is 0.467 e. The number of amides is 1. The fourth-order valence-corrected chi connectivity index (χ4v) is 1.86. The number of carbonyl (C=O) groups is 1. The molecule has 0 aliphatic heterocycles. The molecule has 1 amide bonds. The van der Waals surface area contributed by atoms with Crippen LogP contribution in [-0.2, 0) is 4.79 Å². The van der Waals surface area contributed by atoms with Gasteiger partial charge in [-0.05, 0) is 23.3 Å². The van der Waals surface area contributed by atoms with E-state index in [1.165, 1.54) is 24.7 Å². The van der Waals surface area contributed by atoms with Crippen molar-refractivity contribution >= 4 is 23.6 Å². The molecule has 2 N–H and O–H groups in total. The molecule has 0 spiro atoms. The number of nitrogens with zero attached hydrogens (tertiary/aromatic N) is 2. The second kappa shape index (κ2) is 6.83. The molecule has 2 rings (SSSR count). The lowest BCUT2D eigenvalue weighted by atomic mass is 10.1. The van der Waals surface area contributed by atoms with Gasteiger partial charge in [0.05, 0.1) is 7.11 Å². The number of hydrogen-bond donors (Lipinski definition) is 2. The number of rotatable bonds is 4. The van der Waals surface area contributed by atoms with Crippen LogP contribution < -0.4 is 10.2 Å². The zero-order chi connectivity index (χ0) is 15.2. The molecule has 0 fully saturated rings. The fourth-order valence-electron chi connectivity index (χ4n) is 1.62. The molecule has 108 valence electrons. The van der Waals surface area contributed by atoms with Crippen LogP contribution in [0.2, 0.25) is 5.02 Å². The van der Waals surface area contributed by atoms with Crippen molar-refractivity contribution in [3.63, 3.8) is 0 Å². The van der Waals surface area contributed by atoms with E-state index < -0.39 is 5.91 Å². The van der Waals surface area contributed by atoms with Crippen molar-refractivity contribution in [1.29, 1.82) is 0 Å². The monoisotopic (exact) mass is 305 g/mol. The molecule has 0 aliphatic rings. The van der Waals surface area contributed by atoms with E-state index in [1.54, 1.807) is 24.5 Å². The van der Waals surface area contributed by atoms with Crippen LogP contribution in [0, 0.1) is 0 Å². The Labute approximate surface area is 126 Å². The normalized spacial score (nSPS) is 10.6. The first-order chi connectivity index (χ1) is 10.1. The molecular weight excluding hydrogens is 294 g/mol. The molecule has 2 aromatic rings. The second-order valence-corrected chi connectivity index (χ2v) is 4.41. The van der Waals surface area contributed by atoms with Crippen molar-refractivity contribution in [2.24, 2.45) is 0 Å². The Bertz CT molecular complexity index is 672. The van der Waals surface area contributed by atoms with Gasteiger partial charge in [0.1, 0.15) is 0 Å². The Morgan fingerprint density at radius 3 is 2.62 bits per heavy atom. The smallest absolute Gasteiger partial charge is 0.316 e. The molecule has 0 aliphatic carbocycles. The highest BCUT2D eigenvalue weighted by Crippen LogP contribution is 2.26. The lowest BCUT2D eigenvalue weighted by Crippen LogP contribution is -2.14. The van der Waals surface area contributed by atoms with Gasteiger partial charge in [0.2, 0.25) is 0 Å². The van der Waals surface area contributed by atoms with E-state index in [9.17, 15) is 4.79 Å². The quantitative estimate of drug-likeness (QED) is 0.514. The molecule has 0 saturated heterocycles. The van der Waals surface area contributed by atoms with Gasteiger partial charge in [-0.3, -0.25) is 10.0 Å². The number of nitrogens with one attached hydrogen (secondary N) is 1. The second-order valence-electron chi connectivity index (χ2n) is 4.00. The summed E-state index contributed by atoms with van der Waals surface area (Å²) in [6.07, 6.45) is 5.94. The van der Waals surface area contributed by atoms with E-state index >= 15 is 0 Å². The lowest BCUT2D eigenvalue weighted by Gasteiger charge is -2.05. The zero-order valence-electron chi connectivity index (χ0n) is 11.1. The Hall–Kier alpha value is -2.44. The highest BCUT2D eigenvalue weighted by molar-refractivity contribution is 6.32. The number of ether oxygens (including phenoxy) is 1. The number of methoxy groups -OCH3 is 1. The minimum atomic E-state index is -0.626. The maximum atomic E-state index is 10.9. The highest BCUT2D eigenvalue weighted by Gasteiger charge is 2.04. The van der Waals surface area contributed by atoms with Crippen LogP contribution in [0.4, 0.5) is 0 Å². The average molecular weight is 306 g/mol. The van der Waals surface area contributed by atoms with Crippen LogP contribution in [0.25, 0.3) is 17.2 Å². The minimum absolute atomic E-state index is 0.291. The van der Waals surface area contributed by atoms with Crippen LogP contribution in [-0.4, -0.2) is 28.2 Å². The summed E-state index contributed by atoms with van der Waals surface area (Å²) in [5.41, 5.74) is 3.79. The van der Waals surface area contributed by atoms with E-state index in [0.717, 1.165) is 11.1 Å². The molecular formula is C14H12ClN3O3. The van der Waals surface area contributed by atoms with E-state index in [2.05, 4.69) is 9.97 Å². The molecule has 1 heterocycles. The molecule has 21 heavy (non-hydrogen) atoms. The van der Waals surface area contributed by atoms with Crippen molar-refractivity contribution in [1.82, 2.24) is 15.4 Å². The van der Waals surface area contributed by atoms with Crippen molar-refractivity contribution in [2.45, 2.75) is 0 Å². The molecule has 0 atom stereocenters. The van der Waals surface area contributed by atoms with E-state index in [0.29, 0.717) is 16.6 Å². The molecule has 0 saturated carbocycles. The number of carbonyl (C=O) groups excluding carboxylic acids is 1. The van der Waals surface area contributed by atoms with Crippen LogP contribution in [0.5, 0.6) is 6.01 Å². The number of hydroxylamine groups is 1. The van der Waals surface area contributed by atoms with Gasteiger partial charge in [-0.25, -0.2) is 15.4 Å². The SMILES string of the molecule is COc1ncc(-c2ccc(/C=C/C(=O)NO)c(Cl)c2)cn1. The summed E-state index contributed by atoms with van der Waals surface area (Å²) in [6.45, 7) is 0. The Morgan fingerprint density at radius 1 is 1.33 bits per heavy atom. The molecule has 7 heteroatoms. The van der Waals surface area contributed by atoms with Gasteiger partial charge >= 0.3 is 6.01 Å². The Morgan fingerprint density at radius 2 is 2.05 bits per heavy atom. The van der Waals surface area contributed by atoms with Crippen LogP contribution in [0.3, 0.4) is 0 Å². The van der Waals surface area contributed by atoms with Gasteiger partial charge in [-0.15, -0.1) is 0 Å². The first kappa shape index (κ1) is 15.0. The summed E-state index contributed by atoms with van der Waals surface area (Å²) in [7, 11) is 1.50. The van der Waals surface area contributed by atoms with Gasteiger partial charge in [-0.1, -0.05) is 23.7 Å². The molecule has 1 aromatic carbocycles. The van der Waals surface area contributed by atoms with E-state index in [1.807, 2.05) is 6.07 Å². The van der Waals surface area contributed by atoms with Gasteiger partial charge < -0.3 is 4.74 Å². The molecule has 0 unspecified atom stereocenters. The predicted molar refractivity (Wildman–Crippen MR) is 78.0 cm³/mol. The topological polar surface area (TPSA) is 84.3 Å². The van der Waals surface area contributed by atoms with Gasteiger partial charge in [0, 0.05) is 29.1 Å². The van der Waals surface area contributed by atoms with E-state index in [4.69, 9.17) is 21.5 Å². The van der Waals surface area contributed by atoms with Crippen molar-refractivity contribution in [3.05, 3.63) is 47.3 Å². The van der Waals surface area contributed by atoms with Crippen molar-refractivity contribution in [2.75, 3.05) is 7.11 Å². The van der Waals surface area contributed by atoms with Gasteiger partial charge in [0.15, 0.2) is 0 Å². The third-order valence-electron chi connectivity index (χ3n) is 2.67. The van der Waals surface area contributed by atoms with Gasteiger partial charge in [0.25, 0.3) is 5.91 Å². The van der Waals surface area contributed by atoms with Gasteiger partial charge in [-0.2, -0.15) is 0 Å². The summed E-state index contributed by atoms with van der Waals surface area (Å²) >= 11 is 6.15. The zero-order valence-corrected chi connectivity index (χ0v) is 11.8. The Kier molecular flexibility index (Phi) is 4.86. The van der Waals surface area contributed by atoms with E-state index in [-0.39, 0.29) is 0 Å². The third kappa shape index (κ3) is 3.77. The molecule has 1 aromatic heterocycles. The molecule has 6 nitrogen and oxygen atoms in total. The summed E-state index contributed by atoms with van der Waals surface area (Å²) in [6, 6.07) is 5.61. The summed E-state index contributed by atoms with van der Waals surface area (Å²) in [5, 5.41) is 8.87. The summed E-state index contributed by atoms with van der Waals surface area (Å²) < 4.78 is 4.90. The van der Waals surface area contributed by atoms with Crippen molar-refractivity contribution < 1.29 is 14.7 Å². The van der Waals surface area contributed by atoms with Crippen LogP contribution in [0.1, 0.15) is 5.56 Å². The molecule has 0 radical (unpaired) electrons. The number of aromatic nitrogens is 2. The minimum Gasteiger partial charge on any atom is -0.467 e. The fraction of sp³-hybridized carbons (Fsp3) is 0.0714. The number of halogens is 1. The first-order valence-corrected chi connectivity index (χ1v) is 6.30. The predicted octanol–water partition coefficient (Wildman–Crippen LogP) is 2.32.